The highest BCUT2D eigenvalue weighted by Crippen LogP contribution is 2.23. The minimum atomic E-state index is 0.205. The van der Waals surface area contributed by atoms with Crippen LogP contribution >= 0.6 is 11.5 Å². The largest absolute Gasteiger partial charge is 0.473 e. The number of ether oxygens (including phenoxy) is 1. The van der Waals surface area contributed by atoms with Crippen molar-refractivity contribution in [2.45, 2.75) is 32.8 Å². The van der Waals surface area contributed by atoms with Crippen LogP contribution in [0.25, 0.3) is 0 Å². The molecule has 7 heteroatoms. The van der Waals surface area contributed by atoms with Gasteiger partial charge in [0, 0.05) is 43.7 Å². The SMILES string of the molecule is Cc1cncc(OC2CCN(c3nc(C)ns3)CC2)n1. The molecule has 1 aliphatic heterocycles. The second-order valence-corrected chi connectivity index (χ2v) is 5.66. The number of anilines is 1. The molecule has 6 nitrogen and oxygen atoms in total. The van der Waals surface area contributed by atoms with Crippen LogP contribution in [-0.2, 0) is 0 Å². The van der Waals surface area contributed by atoms with E-state index in [2.05, 4.69) is 24.2 Å². The lowest BCUT2D eigenvalue weighted by atomic mass is 10.1. The molecule has 0 aromatic carbocycles. The predicted molar refractivity (Wildman–Crippen MR) is 77.3 cm³/mol. The molecule has 1 saturated heterocycles. The number of rotatable bonds is 3. The standard InChI is InChI=1S/C13H17N5OS/c1-9-7-14-8-12(15-9)19-11-3-5-18(6-4-11)13-16-10(2)17-20-13/h7-8,11H,3-6H2,1-2H3. The number of hydrogen-bond acceptors (Lipinski definition) is 7. The summed E-state index contributed by atoms with van der Waals surface area (Å²) in [5, 5.41) is 1.01. The fourth-order valence-electron chi connectivity index (χ4n) is 2.25. The second-order valence-electron chi connectivity index (χ2n) is 4.93. The molecule has 20 heavy (non-hydrogen) atoms. The van der Waals surface area contributed by atoms with Gasteiger partial charge in [-0.05, 0) is 13.8 Å². The van der Waals surface area contributed by atoms with Crippen LogP contribution in [0.5, 0.6) is 5.88 Å². The fraction of sp³-hybridized carbons (Fsp3) is 0.538. The Kier molecular flexibility index (Phi) is 3.77. The Balaban J connectivity index is 1.56. The molecule has 0 bridgehead atoms. The molecule has 0 radical (unpaired) electrons. The van der Waals surface area contributed by atoms with Gasteiger partial charge in [0.1, 0.15) is 11.9 Å². The van der Waals surface area contributed by atoms with Crippen molar-refractivity contribution in [3.63, 3.8) is 0 Å². The molecule has 0 atom stereocenters. The van der Waals surface area contributed by atoms with Crippen molar-refractivity contribution < 1.29 is 4.74 Å². The van der Waals surface area contributed by atoms with E-state index in [0.717, 1.165) is 42.6 Å². The van der Waals surface area contributed by atoms with Crippen molar-refractivity contribution in [3.05, 3.63) is 23.9 Å². The molecule has 0 amide bonds. The van der Waals surface area contributed by atoms with Gasteiger partial charge >= 0.3 is 0 Å². The first kappa shape index (κ1) is 13.2. The molecule has 1 aliphatic rings. The highest BCUT2D eigenvalue weighted by Gasteiger charge is 2.23. The fourth-order valence-corrected chi connectivity index (χ4v) is 2.97. The molecule has 3 heterocycles. The highest BCUT2D eigenvalue weighted by atomic mass is 32.1. The highest BCUT2D eigenvalue weighted by molar-refractivity contribution is 7.09. The van der Waals surface area contributed by atoms with Crippen LogP contribution in [0.1, 0.15) is 24.4 Å². The summed E-state index contributed by atoms with van der Waals surface area (Å²) in [6.07, 6.45) is 5.54. The lowest BCUT2D eigenvalue weighted by molar-refractivity contribution is 0.163. The molecular weight excluding hydrogens is 274 g/mol. The van der Waals surface area contributed by atoms with Gasteiger partial charge in [0.15, 0.2) is 0 Å². The molecule has 0 N–H and O–H groups in total. The van der Waals surface area contributed by atoms with Gasteiger partial charge in [-0.3, -0.25) is 4.98 Å². The average molecular weight is 291 g/mol. The quantitative estimate of drug-likeness (QED) is 0.861. The Bertz CT molecular complexity index is 580. The minimum Gasteiger partial charge on any atom is -0.473 e. The average Bonchev–Trinajstić information content (AvgIpc) is 2.86. The maximum absolute atomic E-state index is 5.89. The second kappa shape index (κ2) is 5.70. The molecule has 0 aliphatic carbocycles. The maximum Gasteiger partial charge on any atom is 0.232 e. The Hall–Kier alpha value is -1.76. The molecule has 1 fully saturated rings. The normalized spacial score (nSPS) is 16.4. The van der Waals surface area contributed by atoms with Crippen molar-refractivity contribution in [2.75, 3.05) is 18.0 Å². The van der Waals surface area contributed by atoms with E-state index in [0.29, 0.717) is 5.88 Å². The van der Waals surface area contributed by atoms with Crippen LogP contribution in [-0.4, -0.2) is 38.5 Å². The Morgan fingerprint density at radius 2 is 2.00 bits per heavy atom. The van der Waals surface area contributed by atoms with Crippen LogP contribution in [0.15, 0.2) is 12.4 Å². The lowest BCUT2D eigenvalue weighted by Crippen LogP contribution is -2.38. The molecule has 106 valence electrons. The third-order valence-electron chi connectivity index (χ3n) is 3.25. The number of nitrogens with zero attached hydrogens (tertiary/aromatic N) is 5. The molecule has 0 unspecified atom stereocenters. The van der Waals surface area contributed by atoms with E-state index in [9.17, 15) is 0 Å². The van der Waals surface area contributed by atoms with E-state index in [1.807, 2.05) is 13.8 Å². The smallest absolute Gasteiger partial charge is 0.232 e. The van der Waals surface area contributed by atoms with Gasteiger partial charge in [-0.15, -0.1) is 0 Å². The Labute approximate surface area is 122 Å². The molecule has 3 rings (SSSR count). The first-order chi connectivity index (χ1) is 9.70. The zero-order chi connectivity index (χ0) is 13.9. The van der Waals surface area contributed by atoms with E-state index >= 15 is 0 Å². The van der Waals surface area contributed by atoms with Gasteiger partial charge in [0.05, 0.1) is 11.9 Å². The van der Waals surface area contributed by atoms with Gasteiger partial charge < -0.3 is 9.64 Å². The van der Waals surface area contributed by atoms with Crippen LogP contribution in [0, 0.1) is 13.8 Å². The summed E-state index contributed by atoms with van der Waals surface area (Å²) >= 11 is 1.46. The van der Waals surface area contributed by atoms with Crippen LogP contribution in [0.3, 0.4) is 0 Å². The monoisotopic (exact) mass is 291 g/mol. The summed E-state index contributed by atoms with van der Waals surface area (Å²) in [5.41, 5.74) is 0.879. The van der Waals surface area contributed by atoms with E-state index in [4.69, 9.17) is 4.74 Å². The topological polar surface area (TPSA) is 64.0 Å². The zero-order valence-electron chi connectivity index (χ0n) is 11.6. The third kappa shape index (κ3) is 3.04. The summed E-state index contributed by atoms with van der Waals surface area (Å²) in [7, 11) is 0. The summed E-state index contributed by atoms with van der Waals surface area (Å²) in [6, 6.07) is 0. The molecule has 2 aromatic heterocycles. The summed E-state index contributed by atoms with van der Waals surface area (Å²) in [4.78, 5) is 15.1. The summed E-state index contributed by atoms with van der Waals surface area (Å²) in [6.45, 7) is 5.73. The lowest BCUT2D eigenvalue weighted by Gasteiger charge is -2.31. The molecule has 0 spiro atoms. The van der Waals surface area contributed by atoms with Gasteiger partial charge in [-0.25, -0.2) is 9.97 Å². The summed E-state index contributed by atoms with van der Waals surface area (Å²) < 4.78 is 10.1. The number of hydrogen-bond donors (Lipinski definition) is 0. The van der Waals surface area contributed by atoms with Crippen molar-refractivity contribution in [2.24, 2.45) is 0 Å². The molecule has 2 aromatic rings. The van der Waals surface area contributed by atoms with Crippen molar-refractivity contribution in [3.8, 4) is 5.88 Å². The number of piperidine rings is 1. The third-order valence-corrected chi connectivity index (χ3v) is 4.12. The van der Waals surface area contributed by atoms with Gasteiger partial charge in [0.25, 0.3) is 0 Å². The zero-order valence-corrected chi connectivity index (χ0v) is 12.4. The van der Waals surface area contributed by atoms with E-state index in [1.165, 1.54) is 11.5 Å². The Morgan fingerprint density at radius 1 is 1.20 bits per heavy atom. The van der Waals surface area contributed by atoms with Crippen molar-refractivity contribution in [1.29, 1.82) is 0 Å². The van der Waals surface area contributed by atoms with Crippen molar-refractivity contribution in [1.82, 2.24) is 19.3 Å². The first-order valence-electron chi connectivity index (χ1n) is 6.71. The van der Waals surface area contributed by atoms with Gasteiger partial charge in [-0.1, -0.05) is 0 Å². The first-order valence-corrected chi connectivity index (χ1v) is 7.48. The van der Waals surface area contributed by atoms with E-state index < -0.39 is 0 Å². The molecule has 0 saturated carbocycles. The predicted octanol–water partition coefficient (Wildman–Crippen LogP) is 1.99. The van der Waals surface area contributed by atoms with E-state index in [1.54, 1.807) is 12.4 Å². The van der Waals surface area contributed by atoms with Crippen LogP contribution in [0.2, 0.25) is 0 Å². The minimum absolute atomic E-state index is 0.205. The van der Waals surface area contributed by atoms with Crippen molar-refractivity contribution >= 4 is 16.7 Å². The van der Waals surface area contributed by atoms with Crippen LogP contribution < -0.4 is 9.64 Å². The number of aryl methyl sites for hydroxylation is 2. The van der Waals surface area contributed by atoms with Crippen LogP contribution in [0.4, 0.5) is 5.13 Å². The van der Waals surface area contributed by atoms with E-state index in [-0.39, 0.29) is 6.10 Å². The molecular formula is C13H17N5OS. The maximum atomic E-state index is 5.89. The summed E-state index contributed by atoms with van der Waals surface area (Å²) in [5.74, 6) is 1.47. The number of aromatic nitrogens is 4. The van der Waals surface area contributed by atoms with Gasteiger partial charge in [0.2, 0.25) is 11.0 Å². The Morgan fingerprint density at radius 3 is 2.65 bits per heavy atom. The van der Waals surface area contributed by atoms with Gasteiger partial charge in [-0.2, -0.15) is 4.37 Å².